The minimum Gasteiger partial charge on any atom is -0.390 e. The molecule has 0 spiro atoms. The van der Waals surface area contributed by atoms with Crippen LogP contribution >= 0.6 is 11.3 Å². The lowest BCUT2D eigenvalue weighted by Crippen LogP contribution is -2.43. The highest BCUT2D eigenvalue weighted by atomic mass is 32.1. The molecule has 3 atom stereocenters. The number of carbonyl (C=O) groups excluding carboxylic acids is 1. The number of aromatic nitrogens is 1. The van der Waals surface area contributed by atoms with Gasteiger partial charge in [0.25, 0.3) is 0 Å². The fourth-order valence-electron chi connectivity index (χ4n) is 3.52. The monoisotopic (exact) mass is 398 g/mol. The van der Waals surface area contributed by atoms with Gasteiger partial charge in [-0.25, -0.2) is 0 Å². The molecule has 1 amide bonds. The molecule has 1 aliphatic carbocycles. The highest BCUT2D eigenvalue weighted by Crippen LogP contribution is 2.25. The van der Waals surface area contributed by atoms with Gasteiger partial charge in [-0.1, -0.05) is 12.1 Å². The summed E-state index contributed by atoms with van der Waals surface area (Å²) >= 11 is 1.57. The van der Waals surface area contributed by atoms with Gasteiger partial charge >= 0.3 is 0 Å². The number of hydrogen-bond acceptors (Lipinski definition) is 5. The van der Waals surface area contributed by atoms with Crippen LogP contribution in [0.15, 0.2) is 59.6 Å². The van der Waals surface area contributed by atoms with Crippen molar-refractivity contribution in [1.29, 1.82) is 0 Å². The number of nitrogens with one attached hydrogen (secondary N) is 1. The second-order valence-corrected chi connectivity index (χ2v) is 8.12. The molecule has 0 bridgehead atoms. The molecule has 0 saturated heterocycles. The summed E-state index contributed by atoms with van der Waals surface area (Å²) in [4.78, 5) is 19.1. The summed E-state index contributed by atoms with van der Waals surface area (Å²) in [7, 11) is 0. The van der Waals surface area contributed by atoms with Gasteiger partial charge in [0.1, 0.15) is 12.2 Å². The first-order valence-corrected chi connectivity index (χ1v) is 10.0. The number of amides is 1. The lowest BCUT2D eigenvalue weighted by atomic mass is 9.91. The second kappa shape index (κ2) is 7.89. The number of nitrogens with zero attached hydrogens (tertiary/aromatic N) is 1. The Balaban J connectivity index is 1.61. The molecular formula is C21H22N2O4S. The minimum atomic E-state index is -1.27. The molecule has 0 saturated carbocycles. The van der Waals surface area contributed by atoms with Gasteiger partial charge in [-0.2, -0.15) is 0 Å². The topological polar surface area (TPSA) is 96.8 Å². The van der Waals surface area contributed by atoms with Crippen LogP contribution in [0, 0.1) is 0 Å². The molecule has 0 unspecified atom stereocenters. The number of carbonyl (C=O) groups is 1. The van der Waals surface area contributed by atoms with Crippen LogP contribution in [0.4, 0.5) is 0 Å². The smallest absolute Gasteiger partial charge is 0.250 e. The quantitative estimate of drug-likeness (QED) is 0.530. The van der Waals surface area contributed by atoms with E-state index in [2.05, 4.69) is 4.98 Å². The fourth-order valence-corrected chi connectivity index (χ4v) is 4.24. The number of aliphatic hydroxyl groups excluding tert-OH is 3. The van der Waals surface area contributed by atoms with Crippen molar-refractivity contribution in [3.63, 3.8) is 0 Å². The molecule has 7 heteroatoms. The van der Waals surface area contributed by atoms with E-state index in [4.69, 9.17) is 0 Å². The van der Waals surface area contributed by atoms with Crippen molar-refractivity contribution in [3.05, 3.63) is 70.1 Å². The number of aromatic amines is 1. The first-order valence-electron chi connectivity index (χ1n) is 9.14. The van der Waals surface area contributed by atoms with E-state index in [-0.39, 0.29) is 12.3 Å². The van der Waals surface area contributed by atoms with E-state index in [1.807, 2.05) is 48.0 Å². The minimum absolute atomic E-state index is 0.0227. The third kappa shape index (κ3) is 3.88. The molecular weight excluding hydrogens is 376 g/mol. The Morgan fingerprint density at radius 2 is 2.04 bits per heavy atom. The molecule has 146 valence electrons. The molecule has 2 heterocycles. The van der Waals surface area contributed by atoms with Crippen molar-refractivity contribution in [2.24, 2.45) is 0 Å². The van der Waals surface area contributed by atoms with Crippen molar-refractivity contribution in [3.8, 4) is 0 Å². The summed E-state index contributed by atoms with van der Waals surface area (Å²) < 4.78 is 0. The average molecular weight is 398 g/mol. The van der Waals surface area contributed by atoms with Gasteiger partial charge in [0.2, 0.25) is 5.91 Å². The Bertz CT molecular complexity index is 995. The highest BCUT2D eigenvalue weighted by molar-refractivity contribution is 7.09. The maximum Gasteiger partial charge on any atom is 0.250 e. The summed E-state index contributed by atoms with van der Waals surface area (Å²) in [5.74, 6) is -0.243. The van der Waals surface area contributed by atoms with Crippen LogP contribution in [-0.4, -0.2) is 49.4 Å². The van der Waals surface area contributed by atoms with Crippen LogP contribution in [0.1, 0.15) is 16.9 Å². The Hall–Kier alpha value is -2.45. The van der Waals surface area contributed by atoms with Crippen molar-refractivity contribution in [2.75, 3.05) is 0 Å². The van der Waals surface area contributed by atoms with E-state index in [1.54, 1.807) is 16.2 Å². The molecule has 0 aliphatic heterocycles. The summed E-state index contributed by atoms with van der Waals surface area (Å²) in [6.45, 7) is 0.845. The van der Waals surface area contributed by atoms with Gasteiger partial charge in [-0.05, 0) is 46.7 Å². The Morgan fingerprint density at radius 1 is 1.18 bits per heavy atom. The number of fused-ring (bicyclic) bond motifs is 1. The molecule has 1 aliphatic rings. The average Bonchev–Trinajstić information content (AvgIpc) is 3.35. The molecule has 4 N–H and O–H groups in total. The van der Waals surface area contributed by atoms with E-state index < -0.39 is 18.3 Å². The second-order valence-electron chi connectivity index (χ2n) is 7.08. The van der Waals surface area contributed by atoms with Crippen molar-refractivity contribution in [1.82, 2.24) is 9.88 Å². The van der Waals surface area contributed by atoms with Crippen LogP contribution in [-0.2, 0) is 17.9 Å². The SMILES string of the molecule is O=C(C1=C[C@@H](O)[C@@H](O)[C@H](O)C1)N(Cc1ccc2[nH]ccc2c1)Cc1cccs1. The number of H-pyrrole nitrogens is 1. The van der Waals surface area contributed by atoms with Gasteiger partial charge in [0, 0.05) is 35.1 Å². The van der Waals surface area contributed by atoms with Crippen LogP contribution in [0.5, 0.6) is 0 Å². The maximum absolute atomic E-state index is 13.2. The van der Waals surface area contributed by atoms with Gasteiger partial charge in [-0.15, -0.1) is 11.3 Å². The zero-order valence-corrected chi connectivity index (χ0v) is 16.0. The summed E-state index contributed by atoms with van der Waals surface area (Å²) in [5.41, 5.74) is 2.36. The molecule has 3 aromatic rings. The van der Waals surface area contributed by atoms with Gasteiger partial charge < -0.3 is 25.2 Å². The maximum atomic E-state index is 13.2. The van der Waals surface area contributed by atoms with Gasteiger partial charge in [-0.3, -0.25) is 4.79 Å². The highest BCUT2D eigenvalue weighted by Gasteiger charge is 2.33. The molecule has 4 rings (SSSR count). The Kier molecular flexibility index (Phi) is 5.32. The lowest BCUT2D eigenvalue weighted by molar-refractivity contribution is -0.129. The normalized spacial score (nSPS) is 22.2. The van der Waals surface area contributed by atoms with Crippen LogP contribution < -0.4 is 0 Å². The lowest BCUT2D eigenvalue weighted by Gasteiger charge is -2.30. The van der Waals surface area contributed by atoms with Crippen LogP contribution in [0.3, 0.4) is 0 Å². The first kappa shape index (κ1) is 18.9. The largest absolute Gasteiger partial charge is 0.390 e. The zero-order valence-electron chi connectivity index (χ0n) is 15.2. The van der Waals surface area contributed by atoms with E-state index in [0.29, 0.717) is 18.7 Å². The zero-order chi connectivity index (χ0) is 19.7. The van der Waals surface area contributed by atoms with Crippen molar-refractivity contribution < 1.29 is 20.1 Å². The van der Waals surface area contributed by atoms with Crippen molar-refractivity contribution >= 4 is 28.1 Å². The third-order valence-electron chi connectivity index (χ3n) is 5.02. The van der Waals surface area contributed by atoms with E-state index in [1.165, 1.54) is 6.08 Å². The molecule has 0 fully saturated rings. The van der Waals surface area contributed by atoms with Crippen LogP contribution in [0.2, 0.25) is 0 Å². The van der Waals surface area contributed by atoms with Crippen molar-refractivity contribution in [2.45, 2.75) is 37.8 Å². The van der Waals surface area contributed by atoms with Gasteiger partial charge in [0.05, 0.1) is 12.6 Å². The number of hydrogen-bond donors (Lipinski definition) is 4. The third-order valence-corrected chi connectivity index (χ3v) is 5.89. The molecule has 0 radical (unpaired) electrons. The molecule has 1 aromatic carbocycles. The summed E-state index contributed by atoms with van der Waals surface area (Å²) in [6.07, 6.45) is -0.408. The number of benzene rings is 1. The molecule has 2 aromatic heterocycles. The predicted octanol–water partition coefficient (Wildman–Crippen LogP) is 2.17. The fraction of sp³-hybridized carbons (Fsp3) is 0.286. The predicted molar refractivity (Wildman–Crippen MR) is 108 cm³/mol. The van der Waals surface area contributed by atoms with Gasteiger partial charge in [0.15, 0.2) is 0 Å². The standard InChI is InChI=1S/C21H22N2O4S/c24-18-9-15(10-19(25)20(18)26)21(27)23(12-16-2-1-7-28-16)11-13-3-4-17-14(8-13)5-6-22-17/h1-9,18-20,22,24-26H,10-12H2/t18-,19-,20-/m1/s1. The van der Waals surface area contributed by atoms with E-state index in [0.717, 1.165) is 21.3 Å². The van der Waals surface area contributed by atoms with Crippen LogP contribution in [0.25, 0.3) is 10.9 Å². The summed E-state index contributed by atoms with van der Waals surface area (Å²) in [6, 6.07) is 11.9. The molecule has 6 nitrogen and oxygen atoms in total. The summed E-state index contributed by atoms with van der Waals surface area (Å²) in [5, 5.41) is 32.7. The van der Waals surface area contributed by atoms with E-state index in [9.17, 15) is 20.1 Å². The Labute approximate surface area is 166 Å². The number of thiophene rings is 1. The Morgan fingerprint density at radius 3 is 2.79 bits per heavy atom. The molecule has 28 heavy (non-hydrogen) atoms. The number of aliphatic hydroxyl groups is 3. The number of rotatable bonds is 5. The first-order chi connectivity index (χ1) is 13.5. The van der Waals surface area contributed by atoms with E-state index >= 15 is 0 Å².